The maximum atomic E-state index is 12.3. The van der Waals surface area contributed by atoms with Crippen molar-refractivity contribution in [1.29, 1.82) is 0 Å². The van der Waals surface area contributed by atoms with Crippen LogP contribution in [-0.4, -0.2) is 27.2 Å². The monoisotopic (exact) mass is 312 g/mol. The number of thiophene rings is 1. The Morgan fingerprint density at radius 3 is 3.14 bits per heavy atom. The maximum Gasteiger partial charge on any atom is 0.252 e. The molecule has 6 heteroatoms. The Labute approximate surface area is 132 Å². The van der Waals surface area contributed by atoms with Crippen LogP contribution in [0, 0.1) is 6.92 Å². The Morgan fingerprint density at radius 1 is 1.55 bits per heavy atom. The Kier molecular flexibility index (Phi) is 4.02. The smallest absolute Gasteiger partial charge is 0.252 e. The van der Waals surface area contributed by atoms with Crippen molar-refractivity contribution >= 4 is 28.3 Å². The average Bonchev–Trinajstić information content (AvgIpc) is 3.15. The topological polar surface area (TPSA) is 59.8 Å². The van der Waals surface area contributed by atoms with Gasteiger partial charge < -0.3 is 5.32 Å². The molecule has 0 spiro atoms. The molecule has 0 radical (unpaired) electrons. The molecule has 0 saturated heterocycles. The Bertz CT molecular complexity index is 820. The number of aromatic nitrogens is 3. The minimum atomic E-state index is -0.133. The van der Waals surface area contributed by atoms with Crippen LogP contribution in [-0.2, 0) is 6.54 Å². The number of carbonyl (C=O) groups is 1. The molecule has 0 unspecified atom stereocenters. The van der Waals surface area contributed by atoms with E-state index in [9.17, 15) is 4.79 Å². The Balaban J connectivity index is 2.02. The van der Waals surface area contributed by atoms with E-state index < -0.39 is 0 Å². The van der Waals surface area contributed by atoms with Crippen LogP contribution < -0.4 is 5.32 Å². The lowest BCUT2D eigenvalue weighted by atomic mass is 10.1. The molecule has 0 aromatic carbocycles. The van der Waals surface area contributed by atoms with Gasteiger partial charge in [0.05, 0.1) is 23.7 Å². The van der Waals surface area contributed by atoms with Gasteiger partial charge in [-0.05, 0) is 24.4 Å². The molecule has 112 valence electrons. The van der Waals surface area contributed by atoms with Gasteiger partial charge in [0.15, 0.2) is 5.65 Å². The standard InChI is InChI=1S/C16H16N4OS/c1-3-6-17-16(21)13-8-11(2)19-15-14(13)9-18-20(15)10-12-5-4-7-22-12/h3-5,7-9H,1,6,10H2,2H3,(H,17,21). The highest BCUT2D eigenvalue weighted by molar-refractivity contribution is 7.09. The molecule has 1 amide bonds. The first-order valence-electron chi connectivity index (χ1n) is 6.93. The van der Waals surface area contributed by atoms with Gasteiger partial charge in [-0.3, -0.25) is 4.79 Å². The van der Waals surface area contributed by atoms with Gasteiger partial charge in [-0.25, -0.2) is 9.67 Å². The molecular weight excluding hydrogens is 296 g/mol. The number of fused-ring (bicyclic) bond motifs is 1. The predicted molar refractivity (Wildman–Crippen MR) is 88.2 cm³/mol. The highest BCUT2D eigenvalue weighted by Gasteiger charge is 2.15. The third kappa shape index (κ3) is 2.78. The molecule has 22 heavy (non-hydrogen) atoms. The number of hydrogen-bond donors (Lipinski definition) is 1. The Morgan fingerprint density at radius 2 is 2.41 bits per heavy atom. The van der Waals surface area contributed by atoms with Crippen LogP contribution in [0.3, 0.4) is 0 Å². The lowest BCUT2D eigenvalue weighted by Gasteiger charge is -2.06. The van der Waals surface area contributed by atoms with Crippen LogP contribution in [0.4, 0.5) is 0 Å². The number of rotatable bonds is 5. The van der Waals surface area contributed by atoms with Gasteiger partial charge in [-0.1, -0.05) is 12.1 Å². The second kappa shape index (κ2) is 6.11. The predicted octanol–water partition coefficient (Wildman–Crippen LogP) is 2.77. The van der Waals surface area contributed by atoms with Crippen molar-refractivity contribution < 1.29 is 4.79 Å². The van der Waals surface area contributed by atoms with Gasteiger partial charge in [0.1, 0.15) is 0 Å². The van der Waals surface area contributed by atoms with Gasteiger partial charge in [0, 0.05) is 17.1 Å². The molecule has 3 rings (SSSR count). The fourth-order valence-electron chi connectivity index (χ4n) is 2.29. The van der Waals surface area contributed by atoms with Gasteiger partial charge >= 0.3 is 0 Å². The maximum absolute atomic E-state index is 12.3. The summed E-state index contributed by atoms with van der Waals surface area (Å²) in [6, 6.07) is 5.86. The minimum absolute atomic E-state index is 0.133. The van der Waals surface area contributed by atoms with E-state index in [0.717, 1.165) is 16.7 Å². The first-order chi connectivity index (χ1) is 10.7. The van der Waals surface area contributed by atoms with E-state index in [2.05, 4.69) is 28.0 Å². The molecule has 0 atom stereocenters. The van der Waals surface area contributed by atoms with Gasteiger partial charge in [0.25, 0.3) is 5.91 Å². The van der Waals surface area contributed by atoms with Crippen molar-refractivity contribution in [1.82, 2.24) is 20.1 Å². The van der Waals surface area contributed by atoms with Crippen molar-refractivity contribution in [2.45, 2.75) is 13.5 Å². The van der Waals surface area contributed by atoms with Crippen molar-refractivity contribution in [2.24, 2.45) is 0 Å². The quantitative estimate of drug-likeness (QED) is 0.737. The third-order valence-corrected chi connectivity index (χ3v) is 4.14. The molecule has 0 aliphatic heterocycles. The summed E-state index contributed by atoms with van der Waals surface area (Å²) in [5.74, 6) is -0.133. The van der Waals surface area contributed by atoms with Crippen LogP contribution in [0.25, 0.3) is 11.0 Å². The van der Waals surface area contributed by atoms with E-state index in [0.29, 0.717) is 18.7 Å². The molecule has 3 heterocycles. The van der Waals surface area contributed by atoms with E-state index >= 15 is 0 Å². The molecule has 5 nitrogen and oxygen atoms in total. The summed E-state index contributed by atoms with van der Waals surface area (Å²) >= 11 is 1.68. The minimum Gasteiger partial charge on any atom is -0.349 e. The molecule has 3 aromatic rings. The summed E-state index contributed by atoms with van der Waals surface area (Å²) in [5, 5.41) is 10.0. The number of aryl methyl sites for hydroxylation is 1. The number of carbonyl (C=O) groups excluding carboxylic acids is 1. The molecule has 0 fully saturated rings. The molecule has 0 saturated carbocycles. The van der Waals surface area contributed by atoms with E-state index in [-0.39, 0.29) is 5.91 Å². The zero-order valence-electron chi connectivity index (χ0n) is 12.2. The van der Waals surface area contributed by atoms with Gasteiger partial charge in [-0.2, -0.15) is 5.10 Å². The molecule has 3 aromatic heterocycles. The SMILES string of the molecule is C=CCNC(=O)c1cc(C)nc2c1cnn2Cc1cccs1. The van der Waals surface area contributed by atoms with Crippen molar-refractivity contribution in [3.63, 3.8) is 0 Å². The lowest BCUT2D eigenvalue weighted by Crippen LogP contribution is -2.23. The zero-order chi connectivity index (χ0) is 15.5. The van der Waals surface area contributed by atoms with Crippen molar-refractivity contribution in [3.05, 3.63) is 58.6 Å². The fourth-order valence-corrected chi connectivity index (χ4v) is 2.97. The average molecular weight is 312 g/mol. The molecule has 1 N–H and O–H groups in total. The van der Waals surface area contributed by atoms with Crippen LogP contribution in [0.5, 0.6) is 0 Å². The van der Waals surface area contributed by atoms with Crippen LogP contribution >= 0.6 is 11.3 Å². The molecule has 0 aliphatic carbocycles. The van der Waals surface area contributed by atoms with Crippen LogP contribution in [0.1, 0.15) is 20.9 Å². The van der Waals surface area contributed by atoms with E-state index in [4.69, 9.17) is 0 Å². The summed E-state index contributed by atoms with van der Waals surface area (Å²) in [7, 11) is 0. The van der Waals surface area contributed by atoms with Crippen molar-refractivity contribution in [2.75, 3.05) is 6.54 Å². The first kappa shape index (κ1) is 14.5. The van der Waals surface area contributed by atoms with E-state index in [1.54, 1.807) is 29.7 Å². The normalized spacial score (nSPS) is 10.8. The summed E-state index contributed by atoms with van der Waals surface area (Å²) < 4.78 is 1.83. The number of nitrogens with one attached hydrogen (secondary N) is 1. The highest BCUT2D eigenvalue weighted by Crippen LogP contribution is 2.20. The van der Waals surface area contributed by atoms with E-state index in [1.165, 1.54) is 4.88 Å². The highest BCUT2D eigenvalue weighted by atomic mass is 32.1. The van der Waals surface area contributed by atoms with Crippen LogP contribution in [0.15, 0.2) is 42.4 Å². The summed E-state index contributed by atoms with van der Waals surface area (Å²) in [4.78, 5) is 18.0. The second-order valence-corrected chi connectivity index (χ2v) is 5.96. The summed E-state index contributed by atoms with van der Waals surface area (Å²) in [6.45, 7) is 6.58. The molecule has 0 aliphatic rings. The Hall–Kier alpha value is -2.47. The molecule has 0 bridgehead atoms. The first-order valence-corrected chi connectivity index (χ1v) is 7.81. The largest absolute Gasteiger partial charge is 0.349 e. The number of pyridine rings is 1. The fraction of sp³-hybridized carbons (Fsp3) is 0.188. The number of nitrogens with zero attached hydrogens (tertiary/aromatic N) is 3. The second-order valence-electron chi connectivity index (χ2n) is 4.93. The van der Waals surface area contributed by atoms with Crippen LogP contribution in [0.2, 0.25) is 0 Å². The number of hydrogen-bond acceptors (Lipinski definition) is 4. The summed E-state index contributed by atoms with van der Waals surface area (Å²) in [5.41, 5.74) is 2.13. The number of amides is 1. The lowest BCUT2D eigenvalue weighted by molar-refractivity contribution is 0.0959. The van der Waals surface area contributed by atoms with Crippen molar-refractivity contribution in [3.8, 4) is 0 Å². The molecular formula is C16H16N4OS. The summed E-state index contributed by atoms with van der Waals surface area (Å²) in [6.07, 6.45) is 3.36. The zero-order valence-corrected chi connectivity index (χ0v) is 13.1. The van der Waals surface area contributed by atoms with Gasteiger partial charge in [-0.15, -0.1) is 17.9 Å². The van der Waals surface area contributed by atoms with E-state index in [1.807, 2.05) is 23.1 Å². The third-order valence-electron chi connectivity index (χ3n) is 3.27. The van der Waals surface area contributed by atoms with Gasteiger partial charge in [0.2, 0.25) is 0 Å².